The minimum atomic E-state index is -3.55. The largest absolute Gasteiger partial charge is 0.383 e. The highest BCUT2D eigenvalue weighted by molar-refractivity contribution is 7.92. The molecular formula is C66H59Cl6N9O10S2. The lowest BCUT2D eigenvalue weighted by Gasteiger charge is -2.22. The smallest absolute Gasteiger partial charge is 0.257 e. The molecule has 0 radical (unpaired) electrons. The van der Waals surface area contributed by atoms with E-state index in [0.717, 1.165) is 12.5 Å². The van der Waals surface area contributed by atoms with E-state index in [9.17, 15) is 40.8 Å². The molecule has 0 atom stereocenters. The second-order valence-electron chi connectivity index (χ2n) is 20.5. The van der Waals surface area contributed by atoms with Crippen LogP contribution >= 0.6 is 69.6 Å². The maximum Gasteiger partial charge on any atom is 0.257 e. The predicted molar refractivity (Wildman–Crippen MR) is 371 cm³/mol. The maximum atomic E-state index is 12.8. The Morgan fingerprint density at radius 2 is 0.860 bits per heavy atom. The van der Waals surface area contributed by atoms with Crippen molar-refractivity contribution in [2.75, 3.05) is 65.3 Å². The molecule has 0 bridgehead atoms. The molecule has 6 aromatic carbocycles. The van der Waals surface area contributed by atoms with Crippen molar-refractivity contribution in [3.8, 4) is 33.8 Å². The Kier molecular flexibility index (Phi) is 25.8. The van der Waals surface area contributed by atoms with Crippen molar-refractivity contribution in [2.45, 2.75) is 19.9 Å². The molecule has 9 rings (SSSR count). The predicted octanol–water partition coefficient (Wildman–Crippen LogP) is 14.2. The summed E-state index contributed by atoms with van der Waals surface area (Å²) in [6.07, 6.45) is 7.16. The first kappa shape index (κ1) is 72.0. The number of aromatic nitrogens is 3. The Morgan fingerprint density at radius 1 is 0.473 bits per heavy atom. The molecule has 0 saturated heterocycles. The molecule has 5 amide bonds. The van der Waals surface area contributed by atoms with Gasteiger partial charge in [-0.2, -0.15) is 0 Å². The molecular weight excluding hydrogens is 1360 g/mol. The van der Waals surface area contributed by atoms with Crippen LogP contribution in [0.5, 0.6) is 0 Å². The second kappa shape index (κ2) is 33.4. The highest BCUT2D eigenvalue weighted by Crippen LogP contribution is 2.34. The summed E-state index contributed by atoms with van der Waals surface area (Å²) < 4.78 is 52.7. The van der Waals surface area contributed by atoms with Crippen LogP contribution < -0.4 is 30.9 Å². The SMILES string of the molecule is CC(C)NC(=O)c1ccc(C(=O)Nc2ccc(Cl)c(-c3ccccn3)c2)c(Cl)c1.COCCN(c1ccc(C(=O)Nc2ccc(Cl)c(-c3ccccn3)c2)c(Cl)c1)S(C)(=O)=O.CS(=O)(=O)CCNC(=O)c1ccc(C(=O)Nc2ccc(Cl)c(-c3ccccn3)c2)c(Cl)c1. The summed E-state index contributed by atoms with van der Waals surface area (Å²) in [6.45, 7) is 4.05. The molecule has 0 saturated carbocycles. The van der Waals surface area contributed by atoms with Gasteiger partial charge < -0.3 is 31.3 Å². The highest BCUT2D eigenvalue weighted by atomic mass is 35.5. The van der Waals surface area contributed by atoms with Gasteiger partial charge >= 0.3 is 0 Å². The number of hydrogen-bond donors (Lipinski definition) is 5. The Morgan fingerprint density at radius 3 is 1.19 bits per heavy atom. The van der Waals surface area contributed by atoms with Crippen LogP contribution in [-0.2, 0) is 24.6 Å². The van der Waals surface area contributed by atoms with E-state index in [4.69, 9.17) is 74.3 Å². The standard InChI is InChI=1S/C22H21Cl2N3O4S.C22H19Cl2N3O4S.C22H19Cl2N3O2/c1-31-12-11-27(32(2,29)30)16-7-8-17(20(24)14-16)22(28)26-15-6-9-19(23)18(13-15)21-5-3-4-10-25-21;1-32(30,31)11-10-26-21(28)14-5-7-16(19(24)12-14)22(29)27-15-6-8-18(23)17(13-15)20-4-2-3-9-25-20;1-13(2)26-21(28)14-6-8-16(19(24)11-14)22(29)27-15-7-9-18(23)17(12-15)20-5-3-4-10-25-20/h3-10,13-14H,11-12H2,1-2H3,(H,26,28);2-9,12-13H,10-11H2,1H3,(H,26,28)(H,27,29);3-13H,1-2H3,(H,26,28)(H,27,29). The van der Waals surface area contributed by atoms with E-state index in [1.807, 2.05) is 56.3 Å². The van der Waals surface area contributed by atoms with E-state index in [1.54, 1.807) is 91.4 Å². The number of sulfonamides is 1. The number of carbonyl (C=O) groups is 5. The number of nitrogens with one attached hydrogen (secondary N) is 5. The van der Waals surface area contributed by atoms with Crippen LogP contribution in [0.25, 0.3) is 33.8 Å². The molecule has 0 aliphatic rings. The van der Waals surface area contributed by atoms with Crippen LogP contribution in [0.2, 0.25) is 30.1 Å². The van der Waals surface area contributed by atoms with Gasteiger partial charge in [0, 0.05) is 89.4 Å². The third-order valence-electron chi connectivity index (χ3n) is 13.0. The number of benzene rings is 6. The number of halogens is 6. The second-order valence-corrected chi connectivity index (χ2v) is 27.1. The van der Waals surface area contributed by atoms with Gasteiger partial charge in [-0.3, -0.25) is 43.2 Å². The number of anilines is 4. The summed E-state index contributed by atoms with van der Waals surface area (Å²) >= 11 is 37.7. The number of nitrogens with zero attached hydrogens (tertiary/aromatic N) is 4. The number of carbonyl (C=O) groups excluding carboxylic acids is 5. The maximum absolute atomic E-state index is 12.8. The van der Waals surface area contributed by atoms with Gasteiger partial charge in [0.05, 0.1) is 94.8 Å². The monoisotopic (exact) mass is 1410 g/mol. The average Bonchev–Trinajstić information content (AvgIpc) is 0.970. The average molecular weight is 1420 g/mol. The van der Waals surface area contributed by atoms with Crippen LogP contribution in [0.3, 0.4) is 0 Å². The van der Waals surface area contributed by atoms with Gasteiger partial charge in [-0.25, -0.2) is 16.8 Å². The summed E-state index contributed by atoms with van der Waals surface area (Å²) in [5.41, 5.74) is 7.24. The number of sulfone groups is 1. The molecule has 93 heavy (non-hydrogen) atoms. The van der Waals surface area contributed by atoms with Gasteiger partial charge in [0.1, 0.15) is 9.84 Å². The fourth-order valence-corrected chi connectivity index (χ4v) is 11.4. The minimum Gasteiger partial charge on any atom is -0.383 e. The molecule has 0 fully saturated rings. The number of rotatable bonds is 20. The summed E-state index contributed by atoms with van der Waals surface area (Å²) in [6, 6.07) is 44.9. The zero-order chi connectivity index (χ0) is 67.6. The minimum absolute atomic E-state index is 0.00227. The van der Waals surface area contributed by atoms with E-state index < -0.39 is 37.6 Å². The summed E-state index contributed by atoms with van der Waals surface area (Å²) in [7, 11) is -5.25. The van der Waals surface area contributed by atoms with Crippen LogP contribution in [0, 0.1) is 0 Å². The van der Waals surface area contributed by atoms with E-state index in [1.165, 1.54) is 59.9 Å². The normalized spacial score (nSPS) is 11.0. The van der Waals surface area contributed by atoms with Crippen molar-refractivity contribution >= 4 is 142 Å². The van der Waals surface area contributed by atoms with Gasteiger partial charge in [0.2, 0.25) is 10.0 Å². The molecule has 482 valence electrons. The number of hydrogen-bond acceptors (Lipinski definition) is 13. The topological polar surface area (TPSA) is 265 Å². The Hall–Kier alpha value is -8.48. The molecule has 3 heterocycles. The number of ether oxygens (including phenoxy) is 1. The Bertz CT molecular complexity index is 4430. The fourth-order valence-electron chi connectivity index (χ4n) is 8.54. The molecule has 9 aromatic rings. The third kappa shape index (κ3) is 21.0. The van der Waals surface area contributed by atoms with Crippen LogP contribution in [0.1, 0.15) is 65.6 Å². The number of amides is 5. The van der Waals surface area contributed by atoms with E-state index in [-0.39, 0.29) is 80.6 Å². The van der Waals surface area contributed by atoms with Gasteiger partial charge in [-0.1, -0.05) is 87.8 Å². The molecule has 19 nitrogen and oxygen atoms in total. The molecule has 0 unspecified atom stereocenters. The van der Waals surface area contributed by atoms with Crippen molar-refractivity contribution in [1.82, 2.24) is 25.6 Å². The van der Waals surface area contributed by atoms with Crippen molar-refractivity contribution in [3.05, 3.63) is 240 Å². The fraction of sp³-hybridized carbons (Fsp3) is 0.152. The first-order valence-corrected chi connectivity index (χ1v) is 34.1. The molecule has 0 aliphatic heterocycles. The number of methoxy groups -OCH3 is 1. The van der Waals surface area contributed by atoms with Crippen molar-refractivity contribution < 1.29 is 45.5 Å². The van der Waals surface area contributed by atoms with Crippen LogP contribution in [-0.4, -0.2) is 112 Å². The van der Waals surface area contributed by atoms with E-state index >= 15 is 0 Å². The van der Waals surface area contributed by atoms with Gasteiger partial charge in [-0.15, -0.1) is 0 Å². The van der Waals surface area contributed by atoms with Gasteiger partial charge in [0.15, 0.2) is 0 Å². The third-order valence-corrected chi connectivity index (χ3v) is 17.1. The van der Waals surface area contributed by atoms with E-state index in [2.05, 4.69) is 41.5 Å². The van der Waals surface area contributed by atoms with E-state index in [0.29, 0.717) is 77.2 Å². The van der Waals surface area contributed by atoms with Gasteiger partial charge in [0.25, 0.3) is 29.5 Å². The summed E-state index contributed by atoms with van der Waals surface area (Å²) in [4.78, 5) is 75.3. The number of pyridine rings is 3. The molecule has 0 spiro atoms. The lowest BCUT2D eigenvalue weighted by Crippen LogP contribution is -2.33. The summed E-state index contributed by atoms with van der Waals surface area (Å²) in [5, 5.41) is 15.6. The Labute approximate surface area is 568 Å². The lowest BCUT2D eigenvalue weighted by molar-refractivity contribution is 0.0938. The van der Waals surface area contributed by atoms with Crippen molar-refractivity contribution in [2.24, 2.45) is 0 Å². The molecule has 27 heteroatoms. The van der Waals surface area contributed by atoms with Gasteiger partial charge in [-0.05, 0) is 159 Å². The van der Waals surface area contributed by atoms with Crippen LogP contribution in [0.4, 0.5) is 22.7 Å². The zero-order valence-corrected chi connectivity index (χ0v) is 56.4. The summed E-state index contributed by atoms with van der Waals surface area (Å²) in [5.74, 6) is -2.20. The first-order chi connectivity index (χ1) is 44.2. The van der Waals surface area contributed by atoms with Crippen LogP contribution in [0.15, 0.2) is 182 Å². The molecule has 3 aromatic heterocycles. The van der Waals surface area contributed by atoms with Crippen molar-refractivity contribution in [3.63, 3.8) is 0 Å². The molecule has 5 N–H and O–H groups in total. The van der Waals surface area contributed by atoms with Crippen molar-refractivity contribution in [1.29, 1.82) is 0 Å². The zero-order valence-electron chi connectivity index (χ0n) is 50.2. The first-order valence-electron chi connectivity index (χ1n) is 27.9. The molecule has 0 aliphatic carbocycles. The highest BCUT2D eigenvalue weighted by Gasteiger charge is 2.22. The lowest BCUT2D eigenvalue weighted by atomic mass is 10.1. The quantitative estimate of drug-likeness (QED) is 0.0476. The Balaban J connectivity index is 0.000000198.